The van der Waals surface area contributed by atoms with E-state index < -0.39 is 5.91 Å². The molecule has 3 aromatic rings. The number of aromatic nitrogens is 2. The van der Waals surface area contributed by atoms with Crippen LogP contribution in [0, 0.1) is 0 Å². The predicted molar refractivity (Wildman–Crippen MR) is 139 cm³/mol. The van der Waals surface area contributed by atoms with Crippen molar-refractivity contribution in [1.82, 2.24) is 9.38 Å². The van der Waals surface area contributed by atoms with Crippen LogP contribution in [0.15, 0.2) is 72.0 Å². The molecule has 0 aliphatic heterocycles. The topological polar surface area (TPSA) is 60.4 Å². The summed E-state index contributed by atoms with van der Waals surface area (Å²) in [6.45, 7) is 8.68. The number of nitrogens with two attached hydrogens (primary N) is 1. The first kappa shape index (κ1) is 24.5. The van der Waals surface area contributed by atoms with Gasteiger partial charge in [-0.2, -0.15) is 0 Å². The fraction of sp³-hybridized carbons (Fsp3) is 0.286. The van der Waals surface area contributed by atoms with Gasteiger partial charge in [0, 0.05) is 17.3 Å². The van der Waals surface area contributed by atoms with Gasteiger partial charge in [0.05, 0.1) is 0 Å². The molecular formula is C28H32ClN3O. The van der Waals surface area contributed by atoms with Crippen molar-refractivity contribution < 1.29 is 4.79 Å². The van der Waals surface area contributed by atoms with Crippen LogP contribution in [0.4, 0.5) is 0 Å². The van der Waals surface area contributed by atoms with Crippen LogP contribution in [0.3, 0.4) is 0 Å². The number of carbonyl (C=O) groups is 1. The lowest BCUT2D eigenvalue weighted by Crippen LogP contribution is -2.11. The number of pyridine rings is 1. The van der Waals surface area contributed by atoms with Crippen LogP contribution < -0.4 is 5.73 Å². The summed E-state index contributed by atoms with van der Waals surface area (Å²) in [5, 5.41) is 0.500. The highest BCUT2D eigenvalue weighted by molar-refractivity contribution is 6.32. The molecule has 0 aliphatic rings. The molecule has 0 fully saturated rings. The van der Waals surface area contributed by atoms with Gasteiger partial charge in [-0.15, -0.1) is 0 Å². The normalized spacial score (nSPS) is 13.1. The lowest BCUT2D eigenvalue weighted by Gasteiger charge is -2.13. The minimum atomic E-state index is -0.491. The molecule has 0 bridgehead atoms. The Bertz CT molecular complexity index is 1250. The molecule has 0 radical (unpaired) electrons. The van der Waals surface area contributed by atoms with Gasteiger partial charge in [-0.05, 0) is 62.0 Å². The lowest BCUT2D eigenvalue weighted by molar-refractivity contribution is 0.1000. The van der Waals surface area contributed by atoms with E-state index in [0.717, 1.165) is 29.5 Å². The molecule has 4 nitrogen and oxygen atoms in total. The third-order valence-electron chi connectivity index (χ3n) is 5.72. The maximum absolute atomic E-state index is 11.6. The molecule has 3 rings (SSSR count). The summed E-state index contributed by atoms with van der Waals surface area (Å²) in [6, 6.07) is 11.5. The van der Waals surface area contributed by atoms with Crippen LogP contribution in [0.25, 0.3) is 22.5 Å². The van der Waals surface area contributed by atoms with Crippen molar-refractivity contribution in [3.05, 3.63) is 88.2 Å². The molecule has 2 heterocycles. The lowest BCUT2D eigenvalue weighted by atomic mass is 9.92. The van der Waals surface area contributed by atoms with Crippen molar-refractivity contribution in [3.8, 4) is 11.3 Å². The quantitative estimate of drug-likeness (QED) is 0.333. The molecule has 5 heteroatoms. The average molecular weight is 462 g/mol. The first-order valence-corrected chi connectivity index (χ1v) is 11.9. The van der Waals surface area contributed by atoms with E-state index in [1.165, 1.54) is 24.0 Å². The molecule has 2 aromatic heterocycles. The van der Waals surface area contributed by atoms with E-state index >= 15 is 0 Å². The Kier molecular flexibility index (Phi) is 8.29. The molecule has 2 N–H and O–H groups in total. The first-order chi connectivity index (χ1) is 15.9. The van der Waals surface area contributed by atoms with E-state index in [1.54, 1.807) is 22.7 Å². The van der Waals surface area contributed by atoms with Gasteiger partial charge < -0.3 is 5.73 Å². The Balaban J connectivity index is 2.18. The molecule has 0 aliphatic carbocycles. The van der Waals surface area contributed by atoms with Crippen LogP contribution >= 0.6 is 11.6 Å². The van der Waals surface area contributed by atoms with Gasteiger partial charge in [0.1, 0.15) is 16.5 Å². The molecule has 33 heavy (non-hydrogen) atoms. The summed E-state index contributed by atoms with van der Waals surface area (Å²) in [4.78, 5) is 16.4. The zero-order valence-electron chi connectivity index (χ0n) is 19.9. The number of unbranched alkanes of at least 4 members (excludes halogenated alkanes) is 1. The molecule has 0 saturated carbocycles. The largest absolute Gasteiger partial charge is 0.366 e. The number of hydrogen-bond acceptors (Lipinski definition) is 2. The number of benzene rings is 1. The average Bonchev–Trinajstić information content (AvgIpc) is 3.14. The van der Waals surface area contributed by atoms with Crippen LogP contribution in [0.5, 0.6) is 0 Å². The zero-order valence-corrected chi connectivity index (χ0v) is 20.6. The van der Waals surface area contributed by atoms with Gasteiger partial charge in [0.15, 0.2) is 0 Å². The van der Waals surface area contributed by atoms with Crippen molar-refractivity contribution in [2.24, 2.45) is 5.73 Å². The second-order valence-electron chi connectivity index (χ2n) is 8.30. The monoisotopic (exact) mass is 461 g/mol. The fourth-order valence-corrected chi connectivity index (χ4v) is 4.17. The summed E-state index contributed by atoms with van der Waals surface area (Å²) in [7, 11) is 0. The van der Waals surface area contributed by atoms with Crippen molar-refractivity contribution in [3.63, 3.8) is 0 Å². The van der Waals surface area contributed by atoms with E-state index in [0.29, 0.717) is 22.1 Å². The third-order valence-corrected chi connectivity index (χ3v) is 6.08. The van der Waals surface area contributed by atoms with Crippen molar-refractivity contribution >= 4 is 28.7 Å². The number of hydrogen-bond donors (Lipinski definition) is 1. The highest BCUT2D eigenvalue weighted by Gasteiger charge is 2.18. The second-order valence-corrected chi connectivity index (χ2v) is 8.65. The predicted octanol–water partition coefficient (Wildman–Crippen LogP) is 7.63. The van der Waals surface area contributed by atoms with Crippen LogP contribution in [0.2, 0.25) is 5.15 Å². The number of halogens is 1. The molecular weight excluding hydrogens is 430 g/mol. The molecule has 1 aromatic carbocycles. The van der Waals surface area contributed by atoms with Gasteiger partial charge in [-0.25, -0.2) is 4.98 Å². The number of primary amides is 1. The first-order valence-electron chi connectivity index (χ1n) is 11.5. The Morgan fingerprint density at radius 2 is 1.91 bits per heavy atom. The summed E-state index contributed by atoms with van der Waals surface area (Å²) in [5.74, 6) is -0.491. The maximum Gasteiger partial charge on any atom is 0.248 e. The summed E-state index contributed by atoms with van der Waals surface area (Å²) >= 11 is 6.76. The van der Waals surface area contributed by atoms with E-state index in [4.69, 9.17) is 22.3 Å². The molecule has 0 unspecified atom stereocenters. The summed E-state index contributed by atoms with van der Waals surface area (Å²) in [6.07, 6.45) is 12.8. The molecule has 0 atom stereocenters. The molecule has 0 spiro atoms. The van der Waals surface area contributed by atoms with E-state index in [9.17, 15) is 4.79 Å². The van der Waals surface area contributed by atoms with Crippen LogP contribution in [-0.4, -0.2) is 15.3 Å². The van der Waals surface area contributed by atoms with Gasteiger partial charge in [-0.1, -0.05) is 79.9 Å². The molecule has 0 saturated heterocycles. The van der Waals surface area contributed by atoms with E-state index in [1.807, 2.05) is 18.2 Å². The summed E-state index contributed by atoms with van der Waals surface area (Å²) in [5.41, 5.74) is 12.8. The number of fused-ring (bicyclic) bond motifs is 1. The minimum Gasteiger partial charge on any atom is -0.366 e. The van der Waals surface area contributed by atoms with Crippen LogP contribution in [-0.2, 0) is 0 Å². The third kappa shape index (κ3) is 5.63. The Morgan fingerprint density at radius 1 is 1.15 bits per heavy atom. The second kappa shape index (κ2) is 11.2. The smallest absolute Gasteiger partial charge is 0.248 e. The number of rotatable bonds is 9. The Morgan fingerprint density at radius 3 is 2.61 bits per heavy atom. The number of allylic oxidation sites excluding steroid dienone is 6. The van der Waals surface area contributed by atoms with Gasteiger partial charge in [-0.3, -0.25) is 9.20 Å². The number of nitrogens with zero attached hydrogens (tertiary/aromatic N) is 2. The highest BCUT2D eigenvalue weighted by Crippen LogP contribution is 2.36. The zero-order chi connectivity index (χ0) is 24.0. The van der Waals surface area contributed by atoms with Crippen molar-refractivity contribution in [2.45, 2.75) is 53.4 Å². The van der Waals surface area contributed by atoms with Crippen LogP contribution in [0.1, 0.15) is 69.3 Å². The number of carbonyl (C=O) groups excluding carboxylic acids is 1. The summed E-state index contributed by atoms with van der Waals surface area (Å²) < 4.78 is 1.77. The number of imidazole rings is 1. The fourth-order valence-electron chi connectivity index (χ4n) is 3.88. The van der Waals surface area contributed by atoms with Gasteiger partial charge in [0.2, 0.25) is 5.91 Å². The molecule has 1 amide bonds. The van der Waals surface area contributed by atoms with E-state index in [-0.39, 0.29) is 0 Å². The minimum absolute atomic E-state index is 0.402. The highest BCUT2D eigenvalue weighted by atomic mass is 35.5. The van der Waals surface area contributed by atoms with Gasteiger partial charge in [0.25, 0.3) is 0 Å². The Labute approximate surface area is 201 Å². The Hall–Kier alpha value is -3.11. The van der Waals surface area contributed by atoms with E-state index in [2.05, 4.69) is 52.0 Å². The SMILES string of the molecule is CC\C=C(C)/C(=C\C=C(/C)CCCC)c1ccccc1-c1nc2cc(C(N)=O)ccn2c1Cl. The van der Waals surface area contributed by atoms with Crippen molar-refractivity contribution in [2.75, 3.05) is 0 Å². The standard InChI is InChI=1S/C28H32ClN3O/c1-5-7-11-19(3)14-15-22(20(4)10-6-2)23-12-8-9-13-24(23)26-27(29)32-17-16-21(28(30)33)18-25(32)31-26/h8-10,12-18H,5-7,11H2,1-4H3,(H2,30,33)/b19-14+,20-10-,22-15+. The molecule has 172 valence electrons. The van der Waals surface area contributed by atoms with Gasteiger partial charge >= 0.3 is 0 Å². The maximum atomic E-state index is 11.6. The van der Waals surface area contributed by atoms with Crippen molar-refractivity contribution in [1.29, 1.82) is 0 Å². The number of amides is 1.